The van der Waals surface area contributed by atoms with E-state index in [0.29, 0.717) is 12.1 Å². The van der Waals surface area contributed by atoms with Gasteiger partial charge in [0.05, 0.1) is 12.1 Å². The van der Waals surface area contributed by atoms with E-state index in [9.17, 15) is 32.7 Å². The quantitative estimate of drug-likeness (QED) is 0.652. The van der Waals surface area contributed by atoms with Crippen molar-refractivity contribution >= 4 is 11.8 Å². The summed E-state index contributed by atoms with van der Waals surface area (Å²) < 4.78 is 42.7. The maximum atomic E-state index is 14.0. The highest BCUT2D eigenvalue weighted by Crippen LogP contribution is 2.68. The van der Waals surface area contributed by atoms with Crippen LogP contribution < -0.4 is 10.7 Å². The Hall–Kier alpha value is -3.30. The third kappa shape index (κ3) is 3.59. The Morgan fingerprint density at radius 2 is 1.76 bits per heavy atom. The Bertz CT molecular complexity index is 1370. The molecule has 10 heteroatoms. The molecule has 2 heterocycles. The molecule has 4 aliphatic rings. The van der Waals surface area contributed by atoms with E-state index in [0.717, 1.165) is 49.9 Å². The number of hydrogen-bond donors (Lipinski definition) is 2. The lowest BCUT2D eigenvalue weighted by molar-refractivity contribution is 0.0204. The highest BCUT2D eigenvalue weighted by atomic mass is 19.1. The van der Waals surface area contributed by atoms with E-state index in [2.05, 4.69) is 12.2 Å². The smallest absolute Gasteiger partial charge is 0.274 e. The van der Waals surface area contributed by atoms with E-state index in [1.165, 1.54) is 6.20 Å². The number of halogens is 3. The fraction of sp³-hybridized carbons (Fsp3) is 0.519. The summed E-state index contributed by atoms with van der Waals surface area (Å²) in [6.45, 7) is 1.67. The molecule has 196 valence electrons. The van der Waals surface area contributed by atoms with Crippen LogP contribution in [0.2, 0.25) is 0 Å². The number of nitrogens with one attached hydrogen (secondary N) is 1. The molecule has 3 fully saturated rings. The number of pyridine rings is 1. The summed E-state index contributed by atoms with van der Waals surface area (Å²) in [7, 11) is 1.69. The number of fused-ring (bicyclic) bond motifs is 4. The minimum atomic E-state index is -1.17. The summed E-state index contributed by atoms with van der Waals surface area (Å²) in [4.78, 5) is 40.6. The minimum Gasteiger partial charge on any atom is -0.503 e. The van der Waals surface area contributed by atoms with Crippen LogP contribution in [0.15, 0.2) is 23.1 Å². The maximum Gasteiger partial charge on any atom is 0.274 e. The lowest BCUT2D eigenvalue weighted by atomic mass is 9.66. The second kappa shape index (κ2) is 8.10. The first kappa shape index (κ1) is 24.1. The van der Waals surface area contributed by atoms with Crippen molar-refractivity contribution in [3.63, 3.8) is 0 Å². The van der Waals surface area contributed by atoms with Crippen LogP contribution in [0.1, 0.15) is 71.5 Å². The Morgan fingerprint density at radius 1 is 1.11 bits per heavy atom. The third-order valence-electron chi connectivity index (χ3n) is 9.52. The van der Waals surface area contributed by atoms with Gasteiger partial charge in [0.25, 0.3) is 11.8 Å². The average molecular weight is 516 g/mol. The highest BCUT2D eigenvalue weighted by Gasteiger charge is 2.61. The van der Waals surface area contributed by atoms with Crippen LogP contribution in [-0.2, 0) is 6.54 Å². The van der Waals surface area contributed by atoms with Crippen molar-refractivity contribution < 1.29 is 27.9 Å². The summed E-state index contributed by atoms with van der Waals surface area (Å²) in [5.74, 6) is -3.40. The lowest BCUT2D eigenvalue weighted by Crippen LogP contribution is -2.54. The molecule has 0 radical (unpaired) electrons. The molecule has 3 saturated carbocycles. The molecule has 0 bridgehead atoms. The van der Waals surface area contributed by atoms with Gasteiger partial charge in [0.1, 0.15) is 23.0 Å². The number of nitrogens with zero attached hydrogens (tertiary/aromatic N) is 2. The Balaban J connectivity index is 1.30. The molecular weight excluding hydrogens is 487 g/mol. The van der Waals surface area contributed by atoms with Gasteiger partial charge < -0.3 is 19.9 Å². The summed E-state index contributed by atoms with van der Waals surface area (Å²) >= 11 is 0. The third-order valence-corrected chi connectivity index (χ3v) is 9.52. The first-order chi connectivity index (χ1) is 17.5. The molecule has 2 amide bonds. The van der Waals surface area contributed by atoms with E-state index in [4.69, 9.17) is 0 Å². The SMILES string of the molecule is CC1[C@H]2CC3(CC[C@H]4[C@@H](C3)N(C)C(=O)c3c(O)c(=O)c(C(=O)NCc5c(F)cc(F)cc5F)cn34)C[C@@H]12. The van der Waals surface area contributed by atoms with Crippen LogP contribution in [0, 0.1) is 40.6 Å². The second-order valence-corrected chi connectivity index (χ2v) is 11.4. The molecule has 2 aromatic rings. The summed E-state index contributed by atoms with van der Waals surface area (Å²) in [5.41, 5.74) is -1.99. The van der Waals surface area contributed by atoms with Crippen molar-refractivity contribution in [2.75, 3.05) is 7.05 Å². The van der Waals surface area contributed by atoms with Gasteiger partial charge in [0.15, 0.2) is 11.4 Å². The van der Waals surface area contributed by atoms with E-state index in [1.54, 1.807) is 16.5 Å². The molecular formula is C27H28F3N3O4. The molecule has 1 aromatic heterocycles. The van der Waals surface area contributed by atoms with Crippen molar-refractivity contribution in [2.45, 2.75) is 57.7 Å². The van der Waals surface area contributed by atoms with Gasteiger partial charge >= 0.3 is 0 Å². The minimum absolute atomic E-state index is 0.137. The van der Waals surface area contributed by atoms with Gasteiger partial charge in [-0.3, -0.25) is 14.4 Å². The van der Waals surface area contributed by atoms with Gasteiger partial charge in [0, 0.05) is 37.5 Å². The number of aromatic hydroxyl groups is 1. The molecule has 7 nitrogen and oxygen atoms in total. The fourth-order valence-corrected chi connectivity index (χ4v) is 7.39. The number of likely N-dealkylation sites (N-methyl/N-ethyl adjacent to an activating group) is 1. The monoisotopic (exact) mass is 515 g/mol. The predicted octanol–water partition coefficient (Wildman–Crippen LogP) is 3.74. The molecule has 1 aromatic carbocycles. The first-order valence-electron chi connectivity index (χ1n) is 12.7. The van der Waals surface area contributed by atoms with Crippen molar-refractivity contribution in [2.24, 2.45) is 23.2 Å². The fourth-order valence-electron chi connectivity index (χ4n) is 7.39. The number of hydrogen-bond acceptors (Lipinski definition) is 4. The molecule has 0 saturated heterocycles. The molecule has 2 N–H and O–H groups in total. The molecule has 3 aliphatic carbocycles. The lowest BCUT2D eigenvalue weighted by Gasteiger charge is -2.50. The normalized spacial score (nSPS) is 31.6. The molecule has 37 heavy (non-hydrogen) atoms. The van der Waals surface area contributed by atoms with Crippen molar-refractivity contribution in [3.05, 3.63) is 62.8 Å². The zero-order chi connectivity index (χ0) is 26.4. The van der Waals surface area contributed by atoms with Gasteiger partial charge in [-0.1, -0.05) is 6.92 Å². The zero-order valence-corrected chi connectivity index (χ0v) is 20.6. The molecule has 1 aliphatic heterocycles. The Kier molecular flexibility index (Phi) is 5.27. The van der Waals surface area contributed by atoms with Gasteiger partial charge in [0.2, 0.25) is 5.43 Å². The highest BCUT2D eigenvalue weighted by molar-refractivity contribution is 5.99. The second-order valence-electron chi connectivity index (χ2n) is 11.4. The van der Waals surface area contributed by atoms with Crippen molar-refractivity contribution in [1.82, 2.24) is 14.8 Å². The maximum absolute atomic E-state index is 14.0. The summed E-state index contributed by atoms with van der Waals surface area (Å²) in [5, 5.41) is 13.0. The van der Waals surface area contributed by atoms with Crippen LogP contribution in [-0.4, -0.2) is 39.5 Å². The van der Waals surface area contributed by atoms with Gasteiger partial charge in [-0.15, -0.1) is 0 Å². The van der Waals surface area contributed by atoms with Crippen LogP contribution in [0.25, 0.3) is 0 Å². The van der Waals surface area contributed by atoms with Gasteiger partial charge in [-0.2, -0.15) is 0 Å². The number of carbonyl (C=O) groups excluding carboxylic acids is 2. The average Bonchev–Trinajstić information content (AvgIpc) is 3.25. The van der Waals surface area contributed by atoms with Crippen LogP contribution >= 0.6 is 0 Å². The number of amides is 2. The molecule has 1 spiro atoms. The Labute approximate surface area is 211 Å². The van der Waals surface area contributed by atoms with Crippen LogP contribution in [0.5, 0.6) is 5.75 Å². The van der Waals surface area contributed by atoms with Crippen LogP contribution in [0.4, 0.5) is 13.2 Å². The van der Waals surface area contributed by atoms with Crippen molar-refractivity contribution in [1.29, 1.82) is 0 Å². The number of rotatable bonds is 3. The topological polar surface area (TPSA) is 91.6 Å². The van der Waals surface area contributed by atoms with Gasteiger partial charge in [-0.05, 0) is 55.3 Å². The molecule has 6 atom stereocenters. The molecule has 6 rings (SSSR count). The molecule has 2 unspecified atom stereocenters. The van der Waals surface area contributed by atoms with Crippen LogP contribution in [0.3, 0.4) is 0 Å². The number of aromatic nitrogens is 1. The summed E-state index contributed by atoms with van der Waals surface area (Å²) in [6, 6.07) is 0.637. The largest absolute Gasteiger partial charge is 0.503 e. The van der Waals surface area contributed by atoms with Crippen molar-refractivity contribution in [3.8, 4) is 5.75 Å². The van der Waals surface area contributed by atoms with Gasteiger partial charge in [-0.25, -0.2) is 13.2 Å². The predicted molar refractivity (Wildman–Crippen MR) is 126 cm³/mol. The summed E-state index contributed by atoms with van der Waals surface area (Å²) in [6.07, 6.45) is 6.13. The standard InChI is InChI=1S/C27H28F3N3O4/c1-12-14-7-27(8-15(12)14)4-3-20-21(9-27)32(2)26(37)22-24(35)23(34)17(11-33(20)22)25(36)31-10-16-18(29)5-13(28)6-19(16)30/h5-6,11-12,14-15,20-21,35H,3-4,7-10H2,1-2H3,(H,31,36)/t12?,14-,15+,20-,21+,27?/m0/s1. The first-order valence-corrected chi connectivity index (χ1v) is 12.7. The van der Waals surface area contributed by atoms with E-state index < -0.39 is 58.1 Å². The number of carbonyl (C=O) groups is 2. The Morgan fingerprint density at radius 3 is 2.41 bits per heavy atom. The van der Waals surface area contributed by atoms with E-state index in [-0.39, 0.29) is 23.2 Å². The number of benzene rings is 1. The van der Waals surface area contributed by atoms with E-state index >= 15 is 0 Å². The zero-order valence-electron chi connectivity index (χ0n) is 20.6. The van der Waals surface area contributed by atoms with E-state index in [1.807, 2.05) is 0 Å².